The van der Waals surface area contributed by atoms with Crippen LogP contribution in [0.15, 0.2) is 18.2 Å². The fourth-order valence-corrected chi connectivity index (χ4v) is 3.38. The average molecular weight is 289 g/mol. The lowest BCUT2D eigenvalue weighted by Gasteiger charge is -2.35. The second-order valence-electron chi connectivity index (χ2n) is 5.93. The summed E-state index contributed by atoms with van der Waals surface area (Å²) in [6, 6.07) is 6.87. The molecule has 0 aromatic heterocycles. The van der Waals surface area contributed by atoms with Gasteiger partial charge in [0.05, 0.1) is 18.8 Å². The number of nitriles is 1. The molecule has 1 saturated carbocycles. The van der Waals surface area contributed by atoms with Crippen LogP contribution < -0.4 is 0 Å². The molecular formula is C17H20FNO2. The molecule has 3 rings (SSSR count). The first kappa shape index (κ1) is 14.5. The molecule has 1 aliphatic heterocycles. The van der Waals surface area contributed by atoms with Crippen molar-refractivity contribution in [3.63, 3.8) is 0 Å². The molecule has 0 radical (unpaired) electrons. The topological polar surface area (TPSA) is 42.2 Å². The van der Waals surface area contributed by atoms with Gasteiger partial charge in [-0.2, -0.15) is 5.26 Å². The van der Waals surface area contributed by atoms with E-state index in [1.54, 1.807) is 6.07 Å². The second kappa shape index (κ2) is 6.55. The molecule has 1 aliphatic carbocycles. The van der Waals surface area contributed by atoms with Gasteiger partial charge in [-0.15, -0.1) is 0 Å². The standard InChI is InChI=1S/C17H20FNO2/c18-16-10-14(6-7-15(16)11-19)12-2-4-13(5-3-12)17-20-8-1-9-21-17/h6-7,10,12-13,17H,1-5,8-9H2. The first-order valence-corrected chi connectivity index (χ1v) is 7.70. The van der Waals surface area contributed by atoms with Crippen LogP contribution in [0.1, 0.15) is 49.1 Å². The van der Waals surface area contributed by atoms with Crippen molar-refractivity contribution in [2.45, 2.75) is 44.3 Å². The average Bonchev–Trinajstić information content (AvgIpc) is 2.56. The smallest absolute Gasteiger partial charge is 0.160 e. The summed E-state index contributed by atoms with van der Waals surface area (Å²) in [4.78, 5) is 0. The Balaban J connectivity index is 1.60. The minimum absolute atomic E-state index is 0.0441. The Morgan fingerprint density at radius 3 is 2.43 bits per heavy atom. The van der Waals surface area contributed by atoms with Gasteiger partial charge in [0.25, 0.3) is 0 Å². The van der Waals surface area contributed by atoms with E-state index in [-0.39, 0.29) is 11.9 Å². The van der Waals surface area contributed by atoms with Crippen LogP contribution in [0, 0.1) is 23.1 Å². The van der Waals surface area contributed by atoms with Gasteiger partial charge in [0, 0.05) is 5.92 Å². The number of hydrogen-bond donors (Lipinski definition) is 0. The Kier molecular flexibility index (Phi) is 4.52. The van der Waals surface area contributed by atoms with Crippen molar-refractivity contribution in [3.8, 4) is 6.07 Å². The largest absolute Gasteiger partial charge is 0.352 e. The molecule has 0 amide bonds. The SMILES string of the molecule is N#Cc1ccc(C2CCC(C3OCCCO3)CC2)cc1F. The molecule has 21 heavy (non-hydrogen) atoms. The highest BCUT2D eigenvalue weighted by molar-refractivity contribution is 5.34. The molecule has 112 valence electrons. The molecule has 0 N–H and O–H groups in total. The van der Waals surface area contributed by atoms with Gasteiger partial charge in [-0.05, 0) is 55.7 Å². The lowest BCUT2D eigenvalue weighted by atomic mass is 9.78. The number of rotatable bonds is 2. The van der Waals surface area contributed by atoms with Crippen LogP contribution in [-0.4, -0.2) is 19.5 Å². The normalized spacial score (nSPS) is 27.2. The molecule has 2 aliphatic rings. The van der Waals surface area contributed by atoms with E-state index >= 15 is 0 Å². The van der Waals surface area contributed by atoms with Gasteiger partial charge in [0.1, 0.15) is 11.9 Å². The van der Waals surface area contributed by atoms with E-state index in [4.69, 9.17) is 14.7 Å². The summed E-state index contributed by atoms with van der Waals surface area (Å²) in [6.45, 7) is 1.59. The molecule has 1 aromatic rings. The zero-order chi connectivity index (χ0) is 14.7. The van der Waals surface area contributed by atoms with Crippen LogP contribution in [0.25, 0.3) is 0 Å². The monoisotopic (exact) mass is 289 g/mol. The maximum atomic E-state index is 13.7. The van der Waals surface area contributed by atoms with E-state index in [1.807, 2.05) is 12.1 Å². The predicted octanol–water partition coefficient (Wildman–Crippen LogP) is 3.73. The van der Waals surface area contributed by atoms with Crippen LogP contribution in [0.3, 0.4) is 0 Å². The quantitative estimate of drug-likeness (QED) is 0.833. The molecule has 3 nitrogen and oxygen atoms in total. The molecular weight excluding hydrogens is 269 g/mol. The molecule has 0 bridgehead atoms. The third-order valence-corrected chi connectivity index (χ3v) is 4.59. The minimum Gasteiger partial charge on any atom is -0.352 e. The summed E-state index contributed by atoms with van der Waals surface area (Å²) in [5.41, 5.74) is 1.13. The van der Waals surface area contributed by atoms with Gasteiger partial charge >= 0.3 is 0 Å². The Hall–Kier alpha value is -1.44. The van der Waals surface area contributed by atoms with Gasteiger partial charge in [0.2, 0.25) is 0 Å². The number of halogens is 1. The lowest BCUT2D eigenvalue weighted by Crippen LogP contribution is -2.34. The number of benzene rings is 1. The van der Waals surface area contributed by atoms with Crippen LogP contribution in [-0.2, 0) is 9.47 Å². The number of ether oxygens (including phenoxy) is 2. The molecule has 1 saturated heterocycles. The first-order chi connectivity index (χ1) is 10.3. The Morgan fingerprint density at radius 2 is 1.81 bits per heavy atom. The Morgan fingerprint density at radius 1 is 1.10 bits per heavy atom. The van der Waals surface area contributed by atoms with E-state index in [9.17, 15) is 4.39 Å². The maximum absolute atomic E-state index is 13.7. The lowest BCUT2D eigenvalue weighted by molar-refractivity contribution is -0.209. The van der Waals surface area contributed by atoms with Gasteiger partial charge in [-0.1, -0.05) is 6.07 Å². The molecule has 2 fully saturated rings. The molecule has 0 unspecified atom stereocenters. The van der Waals surface area contributed by atoms with Crippen molar-refractivity contribution in [3.05, 3.63) is 35.1 Å². The van der Waals surface area contributed by atoms with Crippen LogP contribution in [0.2, 0.25) is 0 Å². The van der Waals surface area contributed by atoms with Crippen LogP contribution in [0.4, 0.5) is 4.39 Å². The Labute approximate surface area is 124 Å². The van der Waals surface area contributed by atoms with E-state index < -0.39 is 5.82 Å². The van der Waals surface area contributed by atoms with E-state index in [1.165, 1.54) is 6.07 Å². The summed E-state index contributed by atoms with van der Waals surface area (Å²) in [6.07, 6.45) is 5.10. The zero-order valence-electron chi connectivity index (χ0n) is 12.1. The van der Waals surface area contributed by atoms with Gasteiger partial charge in [-0.25, -0.2) is 4.39 Å². The van der Waals surface area contributed by atoms with Crippen molar-refractivity contribution >= 4 is 0 Å². The van der Waals surface area contributed by atoms with Crippen molar-refractivity contribution in [1.82, 2.24) is 0 Å². The molecule has 0 atom stereocenters. The molecule has 1 aromatic carbocycles. The van der Waals surface area contributed by atoms with E-state index in [2.05, 4.69) is 0 Å². The highest BCUT2D eigenvalue weighted by Gasteiger charge is 2.30. The summed E-state index contributed by atoms with van der Waals surface area (Å²) in [5, 5.41) is 8.78. The van der Waals surface area contributed by atoms with Crippen LogP contribution >= 0.6 is 0 Å². The van der Waals surface area contributed by atoms with Crippen molar-refractivity contribution in [2.24, 2.45) is 5.92 Å². The molecule has 0 spiro atoms. The fraction of sp³-hybridized carbons (Fsp3) is 0.588. The van der Waals surface area contributed by atoms with Crippen molar-refractivity contribution in [2.75, 3.05) is 13.2 Å². The highest BCUT2D eigenvalue weighted by Crippen LogP contribution is 2.38. The Bertz CT molecular complexity index is 526. The third kappa shape index (κ3) is 3.25. The maximum Gasteiger partial charge on any atom is 0.160 e. The summed E-state index contributed by atoms with van der Waals surface area (Å²) in [7, 11) is 0. The third-order valence-electron chi connectivity index (χ3n) is 4.59. The van der Waals surface area contributed by atoms with Gasteiger partial charge in [-0.3, -0.25) is 0 Å². The minimum atomic E-state index is -0.406. The second-order valence-corrected chi connectivity index (χ2v) is 5.93. The van der Waals surface area contributed by atoms with Gasteiger partial charge < -0.3 is 9.47 Å². The summed E-state index contributed by atoms with van der Waals surface area (Å²) >= 11 is 0. The zero-order valence-corrected chi connectivity index (χ0v) is 12.1. The van der Waals surface area contributed by atoms with Crippen molar-refractivity contribution < 1.29 is 13.9 Å². The predicted molar refractivity (Wildman–Crippen MR) is 76.1 cm³/mol. The van der Waals surface area contributed by atoms with E-state index in [0.717, 1.165) is 50.9 Å². The molecule has 1 heterocycles. The van der Waals surface area contributed by atoms with Crippen molar-refractivity contribution in [1.29, 1.82) is 5.26 Å². The molecule has 4 heteroatoms. The fourth-order valence-electron chi connectivity index (χ4n) is 3.38. The first-order valence-electron chi connectivity index (χ1n) is 7.70. The summed E-state index contributed by atoms with van der Waals surface area (Å²) in [5.74, 6) is 0.438. The number of nitrogens with zero attached hydrogens (tertiary/aromatic N) is 1. The van der Waals surface area contributed by atoms with Crippen LogP contribution in [0.5, 0.6) is 0 Å². The highest BCUT2D eigenvalue weighted by atomic mass is 19.1. The van der Waals surface area contributed by atoms with E-state index in [0.29, 0.717) is 11.8 Å². The number of hydrogen-bond acceptors (Lipinski definition) is 3. The van der Waals surface area contributed by atoms with Gasteiger partial charge in [0.15, 0.2) is 6.29 Å². The summed E-state index contributed by atoms with van der Waals surface area (Å²) < 4.78 is 25.1.